The van der Waals surface area contributed by atoms with Gasteiger partial charge in [-0.3, -0.25) is 0 Å². The highest BCUT2D eigenvalue weighted by molar-refractivity contribution is 5.96. The number of fused-ring (bicyclic) bond motifs is 8. The molecule has 2 atom stereocenters. The minimum Gasteiger partial charge on any atom is -0.488 e. The van der Waals surface area contributed by atoms with Crippen molar-refractivity contribution in [2.75, 3.05) is 0 Å². The van der Waals surface area contributed by atoms with Gasteiger partial charge >= 0.3 is 0 Å². The Hall–Kier alpha value is -4.24. The molecule has 0 spiro atoms. The van der Waals surface area contributed by atoms with E-state index in [0.717, 1.165) is 24.2 Å². The average Bonchev–Trinajstić information content (AvgIpc) is 3.38. The normalized spacial score (nSPS) is 19.5. The maximum absolute atomic E-state index is 6.33. The number of nitrogens with one attached hydrogen (secondary N) is 1. The number of benzene rings is 4. The van der Waals surface area contributed by atoms with E-state index in [2.05, 4.69) is 108 Å². The zero-order valence-electron chi connectivity index (χ0n) is 23.0. The first kappa shape index (κ1) is 23.6. The summed E-state index contributed by atoms with van der Waals surface area (Å²) in [5, 5.41) is 4.12. The summed E-state index contributed by atoms with van der Waals surface area (Å²) in [6.07, 6.45) is 14.0. The largest absolute Gasteiger partial charge is 0.488 e. The summed E-state index contributed by atoms with van der Waals surface area (Å²) in [6, 6.07) is 26.7. The summed E-state index contributed by atoms with van der Waals surface area (Å²) in [4.78, 5) is 6.29. The Kier molecular flexibility index (Phi) is 5.58. The number of hydrogen-bond acceptors (Lipinski definition) is 2. The van der Waals surface area contributed by atoms with Gasteiger partial charge in [0.1, 0.15) is 12.4 Å². The van der Waals surface area contributed by atoms with E-state index in [-0.39, 0.29) is 0 Å². The van der Waals surface area contributed by atoms with Crippen molar-refractivity contribution >= 4 is 33.8 Å². The van der Waals surface area contributed by atoms with Crippen molar-refractivity contribution in [3.8, 4) is 5.75 Å². The lowest BCUT2D eigenvalue weighted by Crippen LogP contribution is -2.28. The Morgan fingerprint density at radius 3 is 2.70 bits per heavy atom. The van der Waals surface area contributed by atoms with E-state index in [1.807, 2.05) is 6.07 Å². The molecule has 2 aliphatic carbocycles. The Morgan fingerprint density at radius 2 is 1.77 bits per heavy atom. The van der Waals surface area contributed by atoms with Crippen molar-refractivity contribution in [3.63, 3.8) is 0 Å². The van der Waals surface area contributed by atoms with Crippen LogP contribution in [0.15, 0.2) is 85.1 Å². The Labute approximate surface area is 235 Å². The molecule has 1 aliphatic heterocycles. The van der Waals surface area contributed by atoms with Crippen molar-refractivity contribution in [2.45, 2.75) is 51.8 Å². The number of ether oxygens (including phenoxy) is 1. The van der Waals surface area contributed by atoms with Gasteiger partial charge in [0.2, 0.25) is 0 Å². The first-order valence-corrected chi connectivity index (χ1v) is 14.7. The molecular formula is C37H34N2O. The second kappa shape index (κ2) is 9.45. The number of hydrogen-bond donors (Lipinski definition) is 1. The van der Waals surface area contributed by atoms with Crippen molar-refractivity contribution in [3.05, 3.63) is 124 Å². The molecule has 0 radical (unpaired) electrons. The number of H-pyrrole nitrogens is 1. The van der Waals surface area contributed by atoms with Gasteiger partial charge in [0, 0.05) is 28.4 Å². The van der Waals surface area contributed by atoms with Gasteiger partial charge in [0.15, 0.2) is 0 Å². The van der Waals surface area contributed by atoms with E-state index in [1.165, 1.54) is 68.9 Å². The standard InChI is InChI=1S/C37H34N2O/c1-24-13-14-26-15-16-28-27-9-5-11-35(30(27)18-17-29(28)32(26)21-24)39-20-19-31-34(22-39)38-33-10-6-12-36(37(31)33)40-23-25-7-3-2-4-8-25/h2-4,6-8,10,12-20,24,35,38H,5,9,11,21-23H2,1H3. The number of aromatic nitrogens is 1. The molecule has 0 saturated heterocycles. The molecule has 0 bridgehead atoms. The van der Waals surface area contributed by atoms with Gasteiger partial charge in [0.05, 0.1) is 12.6 Å². The maximum Gasteiger partial charge on any atom is 0.129 e. The van der Waals surface area contributed by atoms with Crippen LogP contribution in [0.1, 0.15) is 64.9 Å². The second-order valence-electron chi connectivity index (χ2n) is 11.8. The van der Waals surface area contributed by atoms with E-state index in [4.69, 9.17) is 4.74 Å². The van der Waals surface area contributed by atoms with Gasteiger partial charge in [-0.05, 0) is 88.4 Å². The summed E-state index contributed by atoms with van der Waals surface area (Å²) < 4.78 is 6.33. The molecule has 198 valence electrons. The lowest BCUT2D eigenvalue weighted by molar-refractivity contribution is 0.242. The Bertz CT molecular complexity index is 1810. The predicted molar refractivity (Wildman–Crippen MR) is 165 cm³/mol. The molecular weight excluding hydrogens is 488 g/mol. The zero-order chi connectivity index (χ0) is 26.6. The Morgan fingerprint density at radius 1 is 0.900 bits per heavy atom. The number of rotatable bonds is 4. The molecule has 3 aliphatic rings. The van der Waals surface area contributed by atoms with Crippen LogP contribution in [-0.2, 0) is 26.0 Å². The van der Waals surface area contributed by atoms with Crippen LogP contribution in [0.4, 0.5) is 0 Å². The van der Waals surface area contributed by atoms with E-state index in [9.17, 15) is 0 Å². The summed E-state index contributed by atoms with van der Waals surface area (Å²) in [7, 11) is 0. The predicted octanol–water partition coefficient (Wildman–Crippen LogP) is 8.97. The summed E-state index contributed by atoms with van der Waals surface area (Å²) in [5.41, 5.74) is 10.9. The maximum atomic E-state index is 6.33. The highest BCUT2D eigenvalue weighted by Gasteiger charge is 2.29. The molecule has 5 aromatic rings. The third kappa shape index (κ3) is 3.87. The summed E-state index contributed by atoms with van der Waals surface area (Å²) >= 11 is 0. The minimum atomic E-state index is 0.396. The summed E-state index contributed by atoms with van der Waals surface area (Å²) in [5.74, 6) is 1.55. The highest BCUT2D eigenvalue weighted by atomic mass is 16.5. The number of nitrogens with zero attached hydrogens (tertiary/aromatic N) is 1. The van der Waals surface area contributed by atoms with Crippen LogP contribution in [0.2, 0.25) is 0 Å². The average molecular weight is 523 g/mol. The van der Waals surface area contributed by atoms with Crippen LogP contribution >= 0.6 is 0 Å². The third-order valence-corrected chi connectivity index (χ3v) is 9.21. The molecule has 40 heavy (non-hydrogen) atoms. The van der Waals surface area contributed by atoms with E-state index >= 15 is 0 Å². The molecule has 4 aromatic carbocycles. The zero-order valence-corrected chi connectivity index (χ0v) is 23.0. The quantitative estimate of drug-likeness (QED) is 0.255. The summed E-state index contributed by atoms with van der Waals surface area (Å²) in [6.45, 7) is 3.78. The SMILES string of the molecule is CC1C=Cc2ccc3c4c(ccc3c2C1)C(N1C=Cc2c([nH]c3cccc(OCc5ccccc5)c23)C1)CCC4. The fraction of sp³-hybridized carbons (Fsp3) is 0.243. The third-order valence-electron chi connectivity index (χ3n) is 9.21. The van der Waals surface area contributed by atoms with Gasteiger partial charge in [-0.15, -0.1) is 0 Å². The van der Waals surface area contributed by atoms with E-state index in [1.54, 1.807) is 5.56 Å². The van der Waals surface area contributed by atoms with E-state index in [0.29, 0.717) is 18.6 Å². The van der Waals surface area contributed by atoms with Crippen LogP contribution in [0.5, 0.6) is 5.75 Å². The van der Waals surface area contributed by atoms with Crippen molar-refractivity contribution in [1.82, 2.24) is 9.88 Å². The molecule has 0 amide bonds. The molecule has 3 nitrogen and oxygen atoms in total. The molecule has 1 aromatic heterocycles. The van der Waals surface area contributed by atoms with Crippen LogP contribution in [0.3, 0.4) is 0 Å². The lowest BCUT2D eigenvalue weighted by Gasteiger charge is -2.37. The monoisotopic (exact) mass is 522 g/mol. The highest BCUT2D eigenvalue weighted by Crippen LogP contribution is 2.43. The van der Waals surface area contributed by atoms with Crippen molar-refractivity contribution < 1.29 is 4.74 Å². The molecule has 1 N–H and O–H groups in total. The molecule has 0 saturated carbocycles. The first-order chi connectivity index (χ1) is 19.7. The van der Waals surface area contributed by atoms with Crippen LogP contribution in [0.25, 0.3) is 33.8 Å². The fourth-order valence-electron chi connectivity index (χ4n) is 7.25. The van der Waals surface area contributed by atoms with Gasteiger partial charge in [0.25, 0.3) is 0 Å². The number of aryl methyl sites for hydroxylation is 1. The van der Waals surface area contributed by atoms with E-state index < -0.39 is 0 Å². The van der Waals surface area contributed by atoms with Gasteiger partial charge in [-0.25, -0.2) is 0 Å². The first-order valence-electron chi connectivity index (χ1n) is 14.7. The second-order valence-corrected chi connectivity index (χ2v) is 11.8. The number of aromatic amines is 1. The van der Waals surface area contributed by atoms with Crippen molar-refractivity contribution in [2.24, 2.45) is 5.92 Å². The molecule has 8 rings (SSSR count). The molecule has 3 heteroatoms. The molecule has 2 unspecified atom stereocenters. The lowest BCUT2D eigenvalue weighted by atomic mass is 9.80. The Balaban J connectivity index is 1.12. The topological polar surface area (TPSA) is 28.3 Å². The van der Waals surface area contributed by atoms with Crippen LogP contribution < -0.4 is 4.74 Å². The van der Waals surface area contributed by atoms with Crippen LogP contribution in [-0.4, -0.2) is 9.88 Å². The van der Waals surface area contributed by atoms with Gasteiger partial charge in [-0.2, -0.15) is 0 Å². The van der Waals surface area contributed by atoms with Gasteiger partial charge in [-0.1, -0.05) is 79.7 Å². The van der Waals surface area contributed by atoms with Crippen LogP contribution in [0, 0.1) is 5.92 Å². The molecule has 2 heterocycles. The van der Waals surface area contributed by atoms with Crippen molar-refractivity contribution in [1.29, 1.82) is 0 Å². The smallest absolute Gasteiger partial charge is 0.129 e. The minimum absolute atomic E-state index is 0.396. The molecule has 0 fully saturated rings. The number of allylic oxidation sites excluding steroid dienone is 1. The van der Waals surface area contributed by atoms with Gasteiger partial charge < -0.3 is 14.6 Å². The fourth-order valence-corrected chi connectivity index (χ4v) is 7.25.